The van der Waals surface area contributed by atoms with Crippen LogP contribution in [-0.4, -0.2) is 47.9 Å². The number of amides is 1. The van der Waals surface area contributed by atoms with Gasteiger partial charge in [0, 0.05) is 19.1 Å². The lowest BCUT2D eigenvalue weighted by atomic mass is 10.2. The number of piperazine rings is 1. The minimum absolute atomic E-state index is 0.253. The number of fused-ring (bicyclic) bond motifs is 1. The van der Waals surface area contributed by atoms with Crippen molar-refractivity contribution in [1.29, 1.82) is 0 Å². The van der Waals surface area contributed by atoms with Crippen LogP contribution in [-0.2, 0) is 4.74 Å². The summed E-state index contributed by atoms with van der Waals surface area (Å²) in [4.78, 5) is 13.0. The Labute approximate surface area is 103 Å². The SMILES string of the molecule is CC(C)(C)OC(=O)N1CCN[C@H]2[C@H]1[C@@H]2C(F)(F)F. The van der Waals surface area contributed by atoms with Crippen molar-refractivity contribution in [3.05, 3.63) is 0 Å². The van der Waals surface area contributed by atoms with E-state index in [1.807, 2.05) is 0 Å². The predicted octanol–water partition coefficient (Wildman–Crippen LogP) is 1.76. The Morgan fingerprint density at radius 3 is 2.44 bits per heavy atom. The maximum Gasteiger partial charge on any atom is 0.410 e. The minimum atomic E-state index is -4.27. The van der Waals surface area contributed by atoms with E-state index in [9.17, 15) is 18.0 Å². The molecule has 0 aromatic carbocycles. The van der Waals surface area contributed by atoms with E-state index in [4.69, 9.17) is 4.74 Å². The Hall–Kier alpha value is -0.980. The highest BCUT2D eigenvalue weighted by Gasteiger charge is 2.68. The quantitative estimate of drug-likeness (QED) is 0.726. The fourth-order valence-electron chi connectivity index (χ4n) is 2.36. The van der Waals surface area contributed by atoms with Gasteiger partial charge < -0.3 is 15.0 Å². The lowest BCUT2D eigenvalue weighted by Crippen LogP contribution is -2.48. The highest BCUT2D eigenvalue weighted by molar-refractivity contribution is 5.69. The van der Waals surface area contributed by atoms with E-state index in [0.29, 0.717) is 6.54 Å². The Morgan fingerprint density at radius 2 is 1.94 bits per heavy atom. The van der Waals surface area contributed by atoms with Crippen LogP contribution in [0, 0.1) is 5.92 Å². The molecular weight excluding hydrogens is 249 g/mol. The number of ether oxygens (including phenoxy) is 1. The normalized spacial score (nSPS) is 31.9. The van der Waals surface area contributed by atoms with Crippen LogP contribution in [0.1, 0.15) is 20.8 Å². The molecule has 3 atom stereocenters. The Bertz CT molecular complexity index is 351. The fraction of sp³-hybridized carbons (Fsp3) is 0.909. The lowest BCUT2D eigenvalue weighted by molar-refractivity contribution is -0.152. The van der Waals surface area contributed by atoms with Gasteiger partial charge >= 0.3 is 12.3 Å². The molecule has 0 aromatic heterocycles. The summed E-state index contributed by atoms with van der Waals surface area (Å²) in [6.45, 7) is 5.70. The smallest absolute Gasteiger partial charge is 0.410 e. The van der Waals surface area contributed by atoms with E-state index in [2.05, 4.69) is 5.32 Å². The summed E-state index contributed by atoms with van der Waals surface area (Å²) in [6, 6.07) is -1.49. The first kappa shape index (κ1) is 13.5. The van der Waals surface area contributed by atoms with Gasteiger partial charge in [-0.1, -0.05) is 0 Å². The standard InChI is InChI=1S/C11H17F3N2O2/c1-10(2,3)18-9(17)16-5-4-15-7-6(8(7)16)11(12,13)14/h6-8,15H,4-5H2,1-3H3/t6-,7-,8-/m1/s1. The highest BCUT2D eigenvalue weighted by atomic mass is 19.4. The van der Waals surface area contributed by atoms with Gasteiger partial charge in [-0.2, -0.15) is 13.2 Å². The van der Waals surface area contributed by atoms with Gasteiger partial charge in [0.1, 0.15) is 5.60 Å². The first-order valence-electron chi connectivity index (χ1n) is 5.91. The van der Waals surface area contributed by atoms with Crippen molar-refractivity contribution in [2.24, 2.45) is 5.92 Å². The minimum Gasteiger partial charge on any atom is -0.444 e. The van der Waals surface area contributed by atoms with Crippen molar-refractivity contribution in [3.63, 3.8) is 0 Å². The van der Waals surface area contributed by atoms with Crippen molar-refractivity contribution in [1.82, 2.24) is 10.2 Å². The number of nitrogens with zero attached hydrogens (tertiary/aromatic N) is 1. The molecule has 1 N–H and O–H groups in total. The Morgan fingerprint density at radius 1 is 1.33 bits per heavy atom. The molecule has 18 heavy (non-hydrogen) atoms. The van der Waals surface area contributed by atoms with Crippen LogP contribution < -0.4 is 5.32 Å². The van der Waals surface area contributed by atoms with Crippen LogP contribution in [0.4, 0.5) is 18.0 Å². The number of carbonyl (C=O) groups excluding carboxylic acids is 1. The maximum absolute atomic E-state index is 12.7. The zero-order chi connectivity index (χ0) is 13.7. The molecule has 2 aliphatic rings. The lowest BCUT2D eigenvalue weighted by Gasteiger charge is -2.30. The number of alkyl halides is 3. The molecule has 1 aliphatic heterocycles. The van der Waals surface area contributed by atoms with Gasteiger partial charge in [-0.3, -0.25) is 0 Å². The van der Waals surface area contributed by atoms with Crippen LogP contribution in [0.25, 0.3) is 0 Å². The molecule has 0 unspecified atom stereocenters. The molecule has 7 heteroatoms. The Kier molecular flexibility index (Phi) is 3.00. The average molecular weight is 266 g/mol. The van der Waals surface area contributed by atoms with Gasteiger partial charge in [-0.05, 0) is 20.8 Å². The second-order valence-corrected chi connectivity index (χ2v) is 5.71. The zero-order valence-electron chi connectivity index (χ0n) is 10.5. The number of nitrogens with one attached hydrogen (secondary N) is 1. The molecule has 1 saturated heterocycles. The van der Waals surface area contributed by atoms with Gasteiger partial charge in [-0.15, -0.1) is 0 Å². The molecule has 1 saturated carbocycles. The van der Waals surface area contributed by atoms with Gasteiger partial charge in [-0.25, -0.2) is 4.79 Å². The van der Waals surface area contributed by atoms with Crippen LogP contribution in [0.2, 0.25) is 0 Å². The molecule has 1 heterocycles. The third-order valence-electron chi connectivity index (χ3n) is 3.08. The average Bonchev–Trinajstić information content (AvgIpc) is 2.86. The van der Waals surface area contributed by atoms with Crippen molar-refractivity contribution in [3.8, 4) is 0 Å². The van der Waals surface area contributed by atoms with Crippen molar-refractivity contribution >= 4 is 6.09 Å². The summed E-state index contributed by atoms with van der Waals surface area (Å²) in [5.41, 5.74) is -0.694. The Balaban J connectivity index is 2.04. The van der Waals surface area contributed by atoms with Crippen molar-refractivity contribution in [2.45, 2.75) is 44.6 Å². The van der Waals surface area contributed by atoms with Gasteiger partial charge in [0.05, 0.1) is 12.0 Å². The van der Waals surface area contributed by atoms with E-state index >= 15 is 0 Å². The molecule has 2 rings (SSSR count). The molecule has 0 bridgehead atoms. The molecule has 4 nitrogen and oxygen atoms in total. The second kappa shape index (κ2) is 4.01. The number of hydrogen-bond donors (Lipinski definition) is 1. The highest BCUT2D eigenvalue weighted by Crippen LogP contribution is 2.49. The summed E-state index contributed by atoms with van der Waals surface area (Å²) in [6.07, 6.45) is -4.93. The van der Waals surface area contributed by atoms with Gasteiger partial charge in [0.15, 0.2) is 0 Å². The third kappa shape index (κ3) is 2.55. The van der Waals surface area contributed by atoms with Gasteiger partial charge in [0.25, 0.3) is 0 Å². The number of rotatable bonds is 0. The molecule has 1 aliphatic carbocycles. The van der Waals surface area contributed by atoms with Crippen LogP contribution in [0.5, 0.6) is 0 Å². The van der Waals surface area contributed by atoms with Crippen LogP contribution in [0.15, 0.2) is 0 Å². The van der Waals surface area contributed by atoms with E-state index in [1.54, 1.807) is 20.8 Å². The maximum atomic E-state index is 12.7. The molecule has 0 radical (unpaired) electrons. The van der Waals surface area contributed by atoms with E-state index in [1.165, 1.54) is 4.90 Å². The molecular formula is C11H17F3N2O2. The largest absolute Gasteiger partial charge is 0.444 e. The molecule has 2 fully saturated rings. The second-order valence-electron chi connectivity index (χ2n) is 5.71. The summed E-state index contributed by atoms with van der Waals surface area (Å²) in [5, 5.41) is 2.79. The number of carbonyl (C=O) groups is 1. The summed E-state index contributed by atoms with van der Waals surface area (Å²) >= 11 is 0. The number of halogens is 3. The van der Waals surface area contributed by atoms with E-state index in [0.717, 1.165) is 0 Å². The summed E-state index contributed by atoms with van der Waals surface area (Å²) in [7, 11) is 0. The first-order chi connectivity index (χ1) is 8.11. The van der Waals surface area contributed by atoms with Gasteiger partial charge in [0.2, 0.25) is 0 Å². The summed E-state index contributed by atoms with van der Waals surface area (Å²) in [5.74, 6) is -1.47. The van der Waals surface area contributed by atoms with Crippen molar-refractivity contribution in [2.75, 3.05) is 13.1 Å². The molecule has 0 aromatic rings. The van der Waals surface area contributed by atoms with E-state index < -0.39 is 35.9 Å². The van der Waals surface area contributed by atoms with Crippen molar-refractivity contribution < 1.29 is 22.7 Å². The third-order valence-corrected chi connectivity index (χ3v) is 3.08. The fourth-order valence-corrected chi connectivity index (χ4v) is 2.36. The first-order valence-corrected chi connectivity index (χ1v) is 5.91. The molecule has 0 spiro atoms. The zero-order valence-corrected chi connectivity index (χ0v) is 10.5. The van der Waals surface area contributed by atoms with E-state index in [-0.39, 0.29) is 6.54 Å². The number of hydrogen-bond acceptors (Lipinski definition) is 3. The van der Waals surface area contributed by atoms with Crippen LogP contribution >= 0.6 is 0 Å². The summed E-state index contributed by atoms with van der Waals surface area (Å²) < 4.78 is 43.2. The van der Waals surface area contributed by atoms with Crippen LogP contribution in [0.3, 0.4) is 0 Å². The topological polar surface area (TPSA) is 41.6 Å². The molecule has 1 amide bonds. The predicted molar refractivity (Wildman–Crippen MR) is 58.1 cm³/mol. The molecule has 104 valence electrons. The monoisotopic (exact) mass is 266 g/mol.